The Labute approximate surface area is 106 Å². The number of halogens is 1. The zero-order valence-electron chi connectivity index (χ0n) is 10.2. The highest BCUT2D eigenvalue weighted by Crippen LogP contribution is 2.27. The topological polar surface area (TPSA) is 64.3 Å². The van der Waals surface area contributed by atoms with E-state index in [2.05, 4.69) is 5.43 Å². The van der Waals surface area contributed by atoms with Gasteiger partial charge in [-0.1, -0.05) is 31.5 Å². The highest BCUT2D eigenvalue weighted by Gasteiger charge is 2.24. The van der Waals surface area contributed by atoms with Gasteiger partial charge >= 0.3 is 0 Å². The number of carbonyl (C=O) groups excluding carboxylic acids is 1. The summed E-state index contributed by atoms with van der Waals surface area (Å²) in [6.45, 7) is 5.68. The molecule has 5 heteroatoms. The monoisotopic (exact) mass is 256 g/mol. The Bertz CT molecular complexity index is 407. The van der Waals surface area contributed by atoms with E-state index in [1.165, 1.54) is 0 Å². The standard InChI is InChI=1S/C12H17ClN2O2/c1-7(2)11(12(16)15-14)17-10-6-8(3)4-5-9(10)13/h4-7,11H,14H2,1-3H3,(H,15,16). The highest BCUT2D eigenvalue weighted by molar-refractivity contribution is 6.32. The van der Waals surface area contributed by atoms with E-state index in [-0.39, 0.29) is 11.8 Å². The predicted octanol–water partition coefficient (Wildman–Crippen LogP) is 2.04. The second-order valence-electron chi connectivity index (χ2n) is 4.22. The maximum absolute atomic E-state index is 11.5. The molecule has 0 saturated heterocycles. The van der Waals surface area contributed by atoms with Crippen molar-refractivity contribution in [3.8, 4) is 5.75 Å². The lowest BCUT2D eigenvalue weighted by Gasteiger charge is -2.21. The predicted molar refractivity (Wildman–Crippen MR) is 67.8 cm³/mol. The molecule has 1 atom stereocenters. The van der Waals surface area contributed by atoms with Crippen molar-refractivity contribution in [1.29, 1.82) is 0 Å². The smallest absolute Gasteiger partial charge is 0.275 e. The van der Waals surface area contributed by atoms with Gasteiger partial charge in [0, 0.05) is 0 Å². The summed E-state index contributed by atoms with van der Waals surface area (Å²) in [6, 6.07) is 5.41. The van der Waals surface area contributed by atoms with Crippen molar-refractivity contribution in [3.05, 3.63) is 28.8 Å². The van der Waals surface area contributed by atoms with Crippen LogP contribution in [0.2, 0.25) is 5.02 Å². The van der Waals surface area contributed by atoms with Crippen molar-refractivity contribution in [1.82, 2.24) is 5.43 Å². The molecule has 0 aliphatic carbocycles. The van der Waals surface area contributed by atoms with E-state index in [1.807, 2.05) is 26.8 Å². The first kappa shape index (κ1) is 13.8. The molecule has 0 aliphatic rings. The molecule has 4 nitrogen and oxygen atoms in total. The van der Waals surface area contributed by atoms with Crippen molar-refractivity contribution in [2.24, 2.45) is 11.8 Å². The van der Waals surface area contributed by atoms with Crippen LogP contribution in [-0.2, 0) is 4.79 Å². The number of hydrogen-bond acceptors (Lipinski definition) is 3. The molecule has 1 amide bonds. The second-order valence-corrected chi connectivity index (χ2v) is 4.63. The summed E-state index contributed by atoms with van der Waals surface area (Å²) >= 11 is 6.00. The summed E-state index contributed by atoms with van der Waals surface area (Å²) in [7, 11) is 0. The average Bonchev–Trinajstić information content (AvgIpc) is 2.28. The van der Waals surface area contributed by atoms with Crippen LogP contribution in [0.1, 0.15) is 19.4 Å². The van der Waals surface area contributed by atoms with Crippen molar-refractivity contribution in [2.45, 2.75) is 26.9 Å². The maximum Gasteiger partial charge on any atom is 0.275 e. The van der Waals surface area contributed by atoms with Gasteiger partial charge < -0.3 is 4.74 Å². The molecule has 1 aromatic rings. The minimum Gasteiger partial charge on any atom is -0.479 e. The van der Waals surface area contributed by atoms with Crippen molar-refractivity contribution in [2.75, 3.05) is 0 Å². The molecule has 0 saturated carbocycles. The number of carbonyl (C=O) groups is 1. The van der Waals surface area contributed by atoms with Gasteiger partial charge in [0.2, 0.25) is 0 Å². The van der Waals surface area contributed by atoms with Crippen LogP contribution >= 0.6 is 11.6 Å². The van der Waals surface area contributed by atoms with Crippen LogP contribution in [0, 0.1) is 12.8 Å². The Balaban J connectivity index is 2.93. The molecule has 94 valence electrons. The van der Waals surface area contributed by atoms with Crippen LogP contribution in [0.5, 0.6) is 5.75 Å². The molecular formula is C12H17ClN2O2. The molecule has 0 aromatic heterocycles. The molecule has 3 N–H and O–H groups in total. The van der Waals surface area contributed by atoms with Gasteiger partial charge in [-0.2, -0.15) is 0 Å². The van der Waals surface area contributed by atoms with Crippen LogP contribution < -0.4 is 16.0 Å². The third kappa shape index (κ3) is 3.61. The quantitative estimate of drug-likeness (QED) is 0.492. The van der Waals surface area contributed by atoms with Gasteiger partial charge in [-0.05, 0) is 30.5 Å². The molecule has 1 unspecified atom stereocenters. The van der Waals surface area contributed by atoms with Crippen molar-refractivity contribution < 1.29 is 9.53 Å². The van der Waals surface area contributed by atoms with E-state index < -0.39 is 6.10 Å². The molecule has 0 radical (unpaired) electrons. The summed E-state index contributed by atoms with van der Waals surface area (Å²) in [4.78, 5) is 11.5. The molecule has 0 heterocycles. The summed E-state index contributed by atoms with van der Waals surface area (Å²) < 4.78 is 5.62. The summed E-state index contributed by atoms with van der Waals surface area (Å²) in [5, 5.41) is 0.478. The molecular weight excluding hydrogens is 240 g/mol. The molecule has 1 rings (SSSR count). The first-order valence-electron chi connectivity index (χ1n) is 5.39. The van der Waals surface area contributed by atoms with Gasteiger partial charge in [-0.3, -0.25) is 10.2 Å². The van der Waals surface area contributed by atoms with E-state index in [9.17, 15) is 4.79 Å². The lowest BCUT2D eigenvalue weighted by atomic mass is 10.1. The highest BCUT2D eigenvalue weighted by atomic mass is 35.5. The normalized spacial score (nSPS) is 12.4. The summed E-state index contributed by atoms with van der Waals surface area (Å²) in [5.41, 5.74) is 3.11. The minimum atomic E-state index is -0.653. The van der Waals surface area contributed by atoms with Crippen LogP contribution in [0.3, 0.4) is 0 Å². The fraction of sp³-hybridized carbons (Fsp3) is 0.417. The lowest BCUT2D eigenvalue weighted by molar-refractivity contribution is -0.129. The van der Waals surface area contributed by atoms with Gasteiger partial charge in [0.05, 0.1) is 5.02 Å². The molecule has 17 heavy (non-hydrogen) atoms. The van der Waals surface area contributed by atoms with Gasteiger partial charge in [0.25, 0.3) is 5.91 Å². The molecule has 0 bridgehead atoms. The number of ether oxygens (including phenoxy) is 1. The molecule has 0 fully saturated rings. The Morgan fingerprint density at radius 1 is 1.47 bits per heavy atom. The summed E-state index contributed by atoms with van der Waals surface area (Å²) in [5.74, 6) is 5.25. The van der Waals surface area contributed by atoms with E-state index >= 15 is 0 Å². The first-order chi connectivity index (χ1) is 7.95. The fourth-order valence-electron chi connectivity index (χ4n) is 1.41. The third-order valence-corrected chi connectivity index (χ3v) is 2.66. The number of aryl methyl sites for hydroxylation is 1. The van der Waals surface area contributed by atoms with E-state index in [0.29, 0.717) is 10.8 Å². The Kier molecular flexibility index (Phi) is 4.78. The molecule has 0 aliphatic heterocycles. The lowest BCUT2D eigenvalue weighted by Crippen LogP contribution is -2.44. The van der Waals surface area contributed by atoms with E-state index in [0.717, 1.165) is 5.56 Å². The first-order valence-corrected chi connectivity index (χ1v) is 5.76. The van der Waals surface area contributed by atoms with Crippen LogP contribution in [0.15, 0.2) is 18.2 Å². The number of nitrogens with one attached hydrogen (secondary N) is 1. The Morgan fingerprint density at radius 2 is 2.12 bits per heavy atom. The minimum absolute atomic E-state index is 0.00451. The zero-order valence-corrected chi connectivity index (χ0v) is 10.9. The third-order valence-electron chi connectivity index (χ3n) is 2.35. The zero-order chi connectivity index (χ0) is 13.0. The van der Waals surface area contributed by atoms with E-state index in [1.54, 1.807) is 12.1 Å². The Morgan fingerprint density at radius 3 is 2.65 bits per heavy atom. The number of hydrazine groups is 1. The SMILES string of the molecule is Cc1ccc(Cl)c(OC(C(=O)NN)C(C)C)c1. The summed E-state index contributed by atoms with van der Waals surface area (Å²) in [6.07, 6.45) is -0.653. The number of rotatable bonds is 4. The van der Waals surface area contributed by atoms with Crippen LogP contribution in [0.25, 0.3) is 0 Å². The maximum atomic E-state index is 11.5. The molecule has 1 aromatic carbocycles. The second kappa shape index (κ2) is 5.89. The molecule has 0 spiro atoms. The van der Waals surface area contributed by atoms with Gasteiger partial charge in [0.1, 0.15) is 5.75 Å². The number of nitrogens with two attached hydrogens (primary N) is 1. The van der Waals surface area contributed by atoms with Crippen LogP contribution in [0.4, 0.5) is 0 Å². The van der Waals surface area contributed by atoms with Gasteiger partial charge in [-0.15, -0.1) is 0 Å². The van der Waals surface area contributed by atoms with Crippen molar-refractivity contribution >= 4 is 17.5 Å². The Hall–Kier alpha value is -1.26. The van der Waals surface area contributed by atoms with Gasteiger partial charge in [-0.25, -0.2) is 5.84 Å². The van der Waals surface area contributed by atoms with E-state index in [4.69, 9.17) is 22.2 Å². The average molecular weight is 257 g/mol. The van der Waals surface area contributed by atoms with Gasteiger partial charge in [0.15, 0.2) is 6.10 Å². The van der Waals surface area contributed by atoms with Crippen LogP contribution in [-0.4, -0.2) is 12.0 Å². The fourth-order valence-corrected chi connectivity index (χ4v) is 1.57. The largest absolute Gasteiger partial charge is 0.479 e. The number of amides is 1. The van der Waals surface area contributed by atoms with Crippen molar-refractivity contribution in [3.63, 3.8) is 0 Å². The number of benzene rings is 1. The number of hydrogen-bond donors (Lipinski definition) is 2.